The van der Waals surface area contributed by atoms with Gasteiger partial charge in [0, 0.05) is 0 Å². The van der Waals surface area contributed by atoms with Gasteiger partial charge in [0.1, 0.15) is 5.82 Å². The highest BCUT2D eigenvalue weighted by Gasteiger charge is 2.20. The van der Waals surface area contributed by atoms with Crippen LogP contribution in [0.5, 0.6) is 0 Å². The molecule has 1 aromatic rings. The maximum absolute atomic E-state index is 13.5. The Morgan fingerprint density at radius 3 is 2.40 bits per heavy atom. The van der Waals surface area contributed by atoms with Gasteiger partial charge in [-0.25, -0.2) is 4.39 Å². The van der Waals surface area contributed by atoms with E-state index in [1.807, 2.05) is 13.0 Å². The van der Waals surface area contributed by atoms with Crippen LogP contribution in [0.15, 0.2) is 12.1 Å². The molecule has 0 atom stereocenters. The minimum atomic E-state index is -0.0406. The largest absolute Gasteiger partial charge is 0.207 e. The van der Waals surface area contributed by atoms with Gasteiger partial charge in [0.15, 0.2) is 0 Å². The van der Waals surface area contributed by atoms with Gasteiger partial charge in [-0.15, -0.1) is 0 Å². The molecular weight excluding hydrogens is 187 g/mol. The third kappa shape index (κ3) is 2.06. The molecule has 82 valence electrons. The zero-order valence-corrected chi connectivity index (χ0v) is 9.65. The first-order valence-corrected chi connectivity index (χ1v) is 5.95. The average molecular weight is 206 g/mol. The van der Waals surface area contributed by atoms with E-state index in [1.54, 1.807) is 6.07 Å². The van der Waals surface area contributed by atoms with Crippen LogP contribution in [0.25, 0.3) is 0 Å². The lowest BCUT2D eigenvalue weighted by Gasteiger charge is -2.25. The standard InChI is InChI=1S/C14H19F/c1-10-8-9-13(15)11(2)14(10)12-6-4-3-5-7-12/h8-9,12H,3-7H2,1-2H3. The molecule has 1 aliphatic carbocycles. The van der Waals surface area contributed by atoms with Crippen LogP contribution in [0, 0.1) is 19.7 Å². The monoisotopic (exact) mass is 206 g/mol. The third-order valence-electron chi connectivity index (χ3n) is 3.68. The molecule has 0 aliphatic heterocycles. The van der Waals surface area contributed by atoms with Crippen molar-refractivity contribution < 1.29 is 4.39 Å². The van der Waals surface area contributed by atoms with E-state index in [0.717, 1.165) is 5.56 Å². The van der Waals surface area contributed by atoms with Gasteiger partial charge in [-0.3, -0.25) is 0 Å². The second-order valence-corrected chi connectivity index (χ2v) is 4.74. The quantitative estimate of drug-likeness (QED) is 0.635. The lowest BCUT2D eigenvalue weighted by molar-refractivity contribution is 0.439. The fourth-order valence-electron chi connectivity index (χ4n) is 2.86. The number of benzene rings is 1. The molecule has 1 saturated carbocycles. The minimum Gasteiger partial charge on any atom is -0.207 e. The number of hydrogen-bond acceptors (Lipinski definition) is 0. The second kappa shape index (κ2) is 4.34. The highest BCUT2D eigenvalue weighted by molar-refractivity contribution is 5.37. The Hall–Kier alpha value is -0.850. The molecule has 2 rings (SSSR count). The van der Waals surface area contributed by atoms with Crippen molar-refractivity contribution in [3.05, 3.63) is 34.6 Å². The van der Waals surface area contributed by atoms with Gasteiger partial charge in [-0.2, -0.15) is 0 Å². The Morgan fingerprint density at radius 1 is 1.07 bits per heavy atom. The Bertz CT molecular complexity index is 349. The summed E-state index contributed by atoms with van der Waals surface area (Å²) in [6.07, 6.45) is 6.44. The fraction of sp³-hybridized carbons (Fsp3) is 0.571. The summed E-state index contributed by atoms with van der Waals surface area (Å²) in [6.45, 7) is 4.03. The van der Waals surface area contributed by atoms with Crippen LogP contribution in [0.3, 0.4) is 0 Å². The van der Waals surface area contributed by atoms with Crippen LogP contribution in [-0.4, -0.2) is 0 Å². The molecule has 0 radical (unpaired) electrons. The summed E-state index contributed by atoms with van der Waals surface area (Å²) < 4.78 is 13.5. The molecule has 0 heterocycles. The Morgan fingerprint density at radius 2 is 1.73 bits per heavy atom. The van der Waals surface area contributed by atoms with E-state index in [9.17, 15) is 4.39 Å². The van der Waals surface area contributed by atoms with Crippen LogP contribution in [0.1, 0.15) is 54.7 Å². The van der Waals surface area contributed by atoms with Crippen molar-refractivity contribution >= 4 is 0 Å². The third-order valence-corrected chi connectivity index (χ3v) is 3.68. The van der Waals surface area contributed by atoms with Gasteiger partial charge in [-0.1, -0.05) is 25.3 Å². The van der Waals surface area contributed by atoms with Crippen molar-refractivity contribution in [2.45, 2.75) is 51.9 Å². The number of hydrogen-bond donors (Lipinski definition) is 0. The Labute approximate surface area is 91.5 Å². The topological polar surface area (TPSA) is 0 Å². The van der Waals surface area contributed by atoms with Crippen molar-refractivity contribution in [3.63, 3.8) is 0 Å². The van der Waals surface area contributed by atoms with Crippen molar-refractivity contribution in [2.24, 2.45) is 0 Å². The summed E-state index contributed by atoms with van der Waals surface area (Å²) in [5, 5.41) is 0. The maximum Gasteiger partial charge on any atom is 0.126 e. The molecule has 0 unspecified atom stereocenters. The molecule has 0 saturated heterocycles. The first-order chi connectivity index (χ1) is 7.20. The molecule has 1 aromatic carbocycles. The maximum atomic E-state index is 13.5. The van der Waals surface area contributed by atoms with E-state index in [-0.39, 0.29) is 5.82 Å². The van der Waals surface area contributed by atoms with Gasteiger partial charge in [0.05, 0.1) is 0 Å². The second-order valence-electron chi connectivity index (χ2n) is 4.74. The number of aryl methyl sites for hydroxylation is 1. The number of rotatable bonds is 1. The van der Waals surface area contributed by atoms with E-state index in [0.29, 0.717) is 5.92 Å². The summed E-state index contributed by atoms with van der Waals surface area (Å²) in [5.41, 5.74) is 3.43. The minimum absolute atomic E-state index is 0.0406. The predicted octanol–water partition coefficient (Wildman–Crippen LogP) is 4.49. The zero-order valence-electron chi connectivity index (χ0n) is 9.65. The van der Waals surface area contributed by atoms with E-state index >= 15 is 0 Å². The summed E-state index contributed by atoms with van der Waals surface area (Å²) in [7, 11) is 0. The molecule has 0 bridgehead atoms. The number of halogens is 1. The van der Waals surface area contributed by atoms with Crippen LogP contribution in [-0.2, 0) is 0 Å². The molecule has 0 spiro atoms. The molecule has 1 aliphatic rings. The zero-order chi connectivity index (χ0) is 10.8. The van der Waals surface area contributed by atoms with Crippen molar-refractivity contribution in [2.75, 3.05) is 0 Å². The molecule has 1 fully saturated rings. The van der Waals surface area contributed by atoms with Gasteiger partial charge in [0.2, 0.25) is 0 Å². The SMILES string of the molecule is Cc1ccc(F)c(C)c1C1CCCCC1. The summed E-state index contributed by atoms with van der Waals surface area (Å²) >= 11 is 0. The molecule has 0 N–H and O–H groups in total. The molecule has 0 aromatic heterocycles. The first-order valence-electron chi connectivity index (χ1n) is 5.95. The highest BCUT2D eigenvalue weighted by Crippen LogP contribution is 2.36. The van der Waals surface area contributed by atoms with Crippen LogP contribution in [0.2, 0.25) is 0 Å². The summed E-state index contributed by atoms with van der Waals surface area (Å²) in [4.78, 5) is 0. The normalized spacial score (nSPS) is 18.1. The van der Waals surface area contributed by atoms with Gasteiger partial charge < -0.3 is 0 Å². The van der Waals surface area contributed by atoms with Crippen molar-refractivity contribution in [3.8, 4) is 0 Å². The highest BCUT2D eigenvalue weighted by atomic mass is 19.1. The van der Waals surface area contributed by atoms with Crippen molar-refractivity contribution in [1.29, 1.82) is 0 Å². The first kappa shape index (κ1) is 10.7. The fourth-order valence-corrected chi connectivity index (χ4v) is 2.86. The van der Waals surface area contributed by atoms with Crippen molar-refractivity contribution in [1.82, 2.24) is 0 Å². The summed E-state index contributed by atoms with van der Waals surface area (Å²) in [5.74, 6) is 0.565. The smallest absolute Gasteiger partial charge is 0.126 e. The van der Waals surface area contributed by atoms with E-state index in [1.165, 1.54) is 43.2 Å². The average Bonchev–Trinajstić information content (AvgIpc) is 2.26. The van der Waals surface area contributed by atoms with Crippen LogP contribution in [0.4, 0.5) is 4.39 Å². The van der Waals surface area contributed by atoms with E-state index < -0.39 is 0 Å². The molecule has 0 amide bonds. The van der Waals surface area contributed by atoms with Crippen LogP contribution >= 0.6 is 0 Å². The van der Waals surface area contributed by atoms with E-state index in [2.05, 4.69) is 6.92 Å². The predicted molar refractivity (Wildman–Crippen MR) is 61.7 cm³/mol. The van der Waals surface area contributed by atoms with Gasteiger partial charge in [-0.05, 0) is 55.4 Å². The summed E-state index contributed by atoms with van der Waals surface area (Å²) in [6, 6.07) is 3.52. The Kier molecular flexibility index (Phi) is 3.08. The molecule has 1 heteroatoms. The lowest BCUT2D eigenvalue weighted by Crippen LogP contribution is -2.09. The molecular formula is C14H19F. The molecule has 0 nitrogen and oxygen atoms in total. The van der Waals surface area contributed by atoms with E-state index in [4.69, 9.17) is 0 Å². The lowest BCUT2D eigenvalue weighted by atomic mass is 9.80. The van der Waals surface area contributed by atoms with Crippen LogP contribution < -0.4 is 0 Å². The van der Waals surface area contributed by atoms with Gasteiger partial charge in [0.25, 0.3) is 0 Å². The van der Waals surface area contributed by atoms with Gasteiger partial charge >= 0.3 is 0 Å². The molecule has 15 heavy (non-hydrogen) atoms. The Balaban J connectivity index is 2.36.